The zero-order valence-electron chi connectivity index (χ0n) is 15.8. The Hall–Kier alpha value is -3.33. The minimum atomic E-state index is -0.518. The molecule has 2 N–H and O–H groups in total. The number of non-ortho nitro benzene ring substituents is 1. The summed E-state index contributed by atoms with van der Waals surface area (Å²) in [5.74, 6) is -0.921. The number of ether oxygens (including phenoxy) is 1. The van der Waals surface area contributed by atoms with Crippen LogP contribution >= 0.6 is 12.2 Å². The second-order valence-corrected chi connectivity index (χ2v) is 6.62. The maximum absolute atomic E-state index is 11.9. The molecule has 2 aromatic carbocycles. The van der Waals surface area contributed by atoms with Gasteiger partial charge in [-0.25, -0.2) is 0 Å². The highest BCUT2D eigenvalue weighted by Gasteiger charge is 2.12. The lowest BCUT2D eigenvalue weighted by Crippen LogP contribution is -2.34. The van der Waals surface area contributed by atoms with Crippen LogP contribution in [0.2, 0.25) is 0 Å². The molecule has 0 aliphatic rings. The number of hydrogen-bond donors (Lipinski definition) is 2. The van der Waals surface area contributed by atoms with Gasteiger partial charge in [-0.05, 0) is 30.3 Å². The number of hydrogen-bond acceptors (Lipinski definition) is 6. The van der Waals surface area contributed by atoms with Crippen molar-refractivity contribution in [2.24, 2.45) is 0 Å². The minimum absolute atomic E-state index is 0.00366. The molecule has 2 aromatic rings. The van der Waals surface area contributed by atoms with Crippen molar-refractivity contribution in [3.8, 4) is 0 Å². The third-order valence-electron chi connectivity index (χ3n) is 3.99. The molecule has 0 atom stereocenters. The molecule has 0 aliphatic heterocycles. The van der Waals surface area contributed by atoms with Crippen molar-refractivity contribution >= 4 is 40.6 Å². The molecule has 0 heterocycles. The van der Waals surface area contributed by atoms with Gasteiger partial charge in [0.05, 0.1) is 18.0 Å². The standard InChI is InChI=1S/C20H21N3O5S/c1-14-7-8-16(23(26)27)13-17(14)21-20(29)22-18(24)9-10-19(25)28-12-11-15-5-3-2-4-6-15/h2-8,13H,9-12H2,1H3,(H2,21,22,24,29). The van der Waals surface area contributed by atoms with Gasteiger partial charge < -0.3 is 15.4 Å². The highest BCUT2D eigenvalue weighted by molar-refractivity contribution is 7.80. The van der Waals surface area contributed by atoms with E-state index < -0.39 is 16.8 Å². The van der Waals surface area contributed by atoms with Crippen LogP contribution in [-0.2, 0) is 20.7 Å². The summed E-state index contributed by atoms with van der Waals surface area (Å²) in [6, 6.07) is 13.9. The van der Waals surface area contributed by atoms with Crippen LogP contribution in [-0.4, -0.2) is 28.5 Å². The highest BCUT2D eigenvalue weighted by atomic mass is 32.1. The molecule has 0 saturated heterocycles. The molecule has 0 bridgehead atoms. The zero-order chi connectivity index (χ0) is 21.2. The maximum Gasteiger partial charge on any atom is 0.306 e. The second-order valence-electron chi connectivity index (χ2n) is 6.21. The summed E-state index contributed by atoms with van der Waals surface area (Å²) in [6.45, 7) is 2.00. The van der Waals surface area contributed by atoms with Gasteiger partial charge in [-0.2, -0.15) is 0 Å². The van der Waals surface area contributed by atoms with E-state index in [1.54, 1.807) is 13.0 Å². The van der Waals surface area contributed by atoms with E-state index >= 15 is 0 Å². The van der Waals surface area contributed by atoms with Gasteiger partial charge in [0, 0.05) is 30.7 Å². The number of benzene rings is 2. The lowest BCUT2D eigenvalue weighted by Gasteiger charge is -2.11. The van der Waals surface area contributed by atoms with Gasteiger partial charge in [0.15, 0.2) is 5.11 Å². The molecule has 0 aliphatic carbocycles. The highest BCUT2D eigenvalue weighted by Crippen LogP contribution is 2.21. The van der Waals surface area contributed by atoms with E-state index in [0.717, 1.165) is 11.1 Å². The number of nitro benzene ring substituents is 1. The van der Waals surface area contributed by atoms with Crippen LogP contribution in [0.4, 0.5) is 11.4 Å². The summed E-state index contributed by atoms with van der Waals surface area (Å²) >= 11 is 5.06. The van der Waals surface area contributed by atoms with Crippen molar-refractivity contribution in [1.82, 2.24) is 5.32 Å². The third-order valence-corrected chi connectivity index (χ3v) is 4.19. The Labute approximate surface area is 173 Å². The molecule has 152 valence electrons. The predicted molar refractivity (Wildman–Crippen MR) is 113 cm³/mol. The van der Waals surface area contributed by atoms with Crippen molar-refractivity contribution in [2.75, 3.05) is 11.9 Å². The van der Waals surface area contributed by atoms with E-state index in [-0.39, 0.29) is 30.2 Å². The number of aryl methyl sites for hydroxylation is 1. The van der Waals surface area contributed by atoms with Crippen LogP contribution in [0.1, 0.15) is 24.0 Å². The first-order valence-corrected chi connectivity index (χ1v) is 9.31. The first-order valence-electron chi connectivity index (χ1n) is 8.90. The van der Waals surface area contributed by atoms with E-state index in [1.165, 1.54) is 12.1 Å². The van der Waals surface area contributed by atoms with Gasteiger partial charge in [-0.15, -0.1) is 0 Å². The lowest BCUT2D eigenvalue weighted by molar-refractivity contribution is -0.384. The molecule has 0 fully saturated rings. The number of carbonyl (C=O) groups is 2. The molecule has 0 unspecified atom stereocenters. The van der Waals surface area contributed by atoms with Crippen molar-refractivity contribution in [1.29, 1.82) is 0 Å². The Balaban J connectivity index is 1.71. The number of anilines is 1. The molecule has 0 aromatic heterocycles. The number of carbonyl (C=O) groups excluding carboxylic acids is 2. The molecule has 0 radical (unpaired) electrons. The lowest BCUT2D eigenvalue weighted by atomic mass is 10.2. The van der Waals surface area contributed by atoms with Crippen LogP contribution in [0.3, 0.4) is 0 Å². The monoisotopic (exact) mass is 415 g/mol. The van der Waals surface area contributed by atoms with Crippen LogP contribution in [0, 0.1) is 17.0 Å². The number of nitro groups is 1. The number of nitrogens with one attached hydrogen (secondary N) is 2. The van der Waals surface area contributed by atoms with Gasteiger partial charge in [0.25, 0.3) is 5.69 Å². The molecule has 29 heavy (non-hydrogen) atoms. The third kappa shape index (κ3) is 7.67. The smallest absolute Gasteiger partial charge is 0.306 e. The topological polar surface area (TPSA) is 111 Å². The fourth-order valence-corrected chi connectivity index (χ4v) is 2.64. The Morgan fingerprint density at radius 1 is 1.14 bits per heavy atom. The second kappa shape index (κ2) is 10.9. The molecule has 1 amide bonds. The zero-order valence-corrected chi connectivity index (χ0v) is 16.7. The number of nitrogens with zero attached hydrogens (tertiary/aromatic N) is 1. The molecule has 9 heteroatoms. The average Bonchev–Trinajstić information content (AvgIpc) is 2.68. The van der Waals surface area contributed by atoms with E-state index in [2.05, 4.69) is 10.6 Å². The average molecular weight is 415 g/mol. The first kappa shape index (κ1) is 22.0. The number of amides is 1. The summed E-state index contributed by atoms with van der Waals surface area (Å²) in [6.07, 6.45) is 0.453. The van der Waals surface area contributed by atoms with Gasteiger partial charge in [0.2, 0.25) is 5.91 Å². The van der Waals surface area contributed by atoms with Crippen molar-refractivity contribution < 1.29 is 19.2 Å². The summed E-state index contributed by atoms with van der Waals surface area (Å²) in [7, 11) is 0. The van der Waals surface area contributed by atoms with E-state index in [0.29, 0.717) is 12.1 Å². The van der Waals surface area contributed by atoms with Crippen LogP contribution < -0.4 is 10.6 Å². The Morgan fingerprint density at radius 3 is 2.55 bits per heavy atom. The Bertz CT molecular complexity index is 902. The quantitative estimate of drug-likeness (QED) is 0.295. The van der Waals surface area contributed by atoms with Gasteiger partial charge >= 0.3 is 5.97 Å². The summed E-state index contributed by atoms with van der Waals surface area (Å²) in [5.41, 5.74) is 2.12. The van der Waals surface area contributed by atoms with Crippen molar-refractivity contribution in [3.05, 3.63) is 69.8 Å². The van der Waals surface area contributed by atoms with Crippen LogP contribution in [0.25, 0.3) is 0 Å². The molecular formula is C20H21N3O5S. The Kier molecular flexibility index (Phi) is 8.23. The summed E-state index contributed by atoms with van der Waals surface area (Å²) < 4.78 is 5.12. The van der Waals surface area contributed by atoms with Gasteiger partial charge in [-0.3, -0.25) is 19.7 Å². The summed E-state index contributed by atoms with van der Waals surface area (Å²) in [5, 5.41) is 16.1. The van der Waals surface area contributed by atoms with E-state index in [1.807, 2.05) is 30.3 Å². The largest absolute Gasteiger partial charge is 0.465 e. The van der Waals surface area contributed by atoms with Gasteiger partial charge in [-0.1, -0.05) is 36.4 Å². The molecule has 0 spiro atoms. The molecular weight excluding hydrogens is 394 g/mol. The normalized spacial score (nSPS) is 10.1. The molecule has 0 saturated carbocycles. The number of esters is 1. The van der Waals surface area contributed by atoms with Crippen LogP contribution in [0.5, 0.6) is 0 Å². The van der Waals surface area contributed by atoms with Crippen LogP contribution in [0.15, 0.2) is 48.5 Å². The number of rotatable bonds is 8. The van der Waals surface area contributed by atoms with E-state index in [4.69, 9.17) is 17.0 Å². The summed E-state index contributed by atoms with van der Waals surface area (Å²) in [4.78, 5) is 34.0. The van der Waals surface area contributed by atoms with Crippen molar-refractivity contribution in [2.45, 2.75) is 26.2 Å². The molecule has 2 rings (SSSR count). The predicted octanol–water partition coefficient (Wildman–Crippen LogP) is 3.28. The fourth-order valence-electron chi connectivity index (χ4n) is 2.42. The first-order chi connectivity index (χ1) is 13.8. The number of thiocarbonyl (C=S) groups is 1. The van der Waals surface area contributed by atoms with E-state index in [9.17, 15) is 19.7 Å². The molecule has 8 nitrogen and oxygen atoms in total. The van der Waals surface area contributed by atoms with Gasteiger partial charge in [0.1, 0.15) is 0 Å². The van der Waals surface area contributed by atoms with Crippen molar-refractivity contribution in [3.63, 3.8) is 0 Å². The minimum Gasteiger partial charge on any atom is -0.465 e. The SMILES string of the molecule is Cc1ccc([N+](=O)[O-])cc1NC(=S)NC(=O)CCC(=O)OCCc1ccccc1. The Morgan fingerprint density at radius 2 is 1.86 bits per heavy atom. The fraction of sp³-hybridized carbons (Fsp3) is 0.250. The maximum atomic E-state index is 11.9.